The van der Waals surface area contributed by atoms with E-state index in [-0.39, 0.29) is 6.10 Å². The van der Waals surface area contributed by atoms with Gasteiger partial charge in [-0.1, -0.05) is 0 Å². The molecule has 3 rings (SSSR count). The van der Waals surface area contributed by atoms with Crippen molar-refractivity contribution >= 4 is 21.6 Å². The van der Waals surface area contributed by atoms with Gasteiger partial charge in [0.05, 0.1) is 23.5 Å². The molecule has 2 aromatic heterocycles. The Bertz CT molecular complexity index is 462. The van der Waals surface area contributed by atoms with Crippen LogP contribution in [0.3, 0.4) is 0 Å². The van der Waals surface area contributed by atoms with E-state index in [1.54, 1.807) is 11.3 Å². The lowest BCUT2D eigenvalue weighted by Gasteiger charge is -2.21. The molecule has 14 heavy (non-hydrogen) atoms. The standard InChI is InChI=1S/C9H11N3OS/c10-5-7-8-9-6(1-4-14-9)11-12(8)2-3-13-7/h1,4,7H,2-3,5,10H2/p+1. The predicted octanol–water partition coefficient (Wildman–Crippen LogP) is 0.411. The molecule has 0 saturated heterocycles. The first-order chi connectivity index (χ1) is 6.90. The molecular weight excluding hydrogens is 198 g/mol. The van der Waals surface area contributed by atoms with Crippen molar-refractivity contribution in [2.24, 2.45) is 0 Å². The Morgan fingerprint density at radius 1 is 1.71 bits per heavy atom. The molecule has 1 unspecified atom stereocenters. The van der Waals surface area contributed by atoms with E-state index < -0.39 is 0 Å². The van der Waals surface area contributed by atoms with Crippen LogP contribution >= 0.6 is 11.3 Å². The highest BCUT2D eigenvalue weighted by Crippen LogP contribution is 2.32. The lowest BCUT2D eigenvalue weighted by Crippen LogP contribution is -2.54. The summed E-state index contributed by atoms with van der Waals surface area (Å²) in [5, 5.41) is 6.61. The Labute approximate surface area is 85.3 Å². The van der Waals surface area contributed by atoms with Crippen molar-refractivity contribution in [1.82, 2.24) is 9.78 Å². The van der Waals surface area contributed by atoms with Crippen molar-refractivity contribution in [3.63, 3.8) is 0 Å². The number of ether oxygens (including phenoxy) is 1. The van der Waals surface area contributed by atoms with Gasteiger partial charge in [0.25, 0.3) is 0 Å². The number of aromatic nitrogens is 2. The third kappa shape index (κ3) is 1.03. The number of hydrogen-bond donors (Lipinski definition) is 1. The summed E-state index contributed by atoms with van der Waals surface area (Å²) in [6.07, 6.45) is 0.132. The number of nitrogens with zero attached hydrogens (tertiary/aromatic N) is 2. The monoisotopic (exact) mass is 210 g/mol. The topological polar surface area (TPSA) is 54.7 Å². The molecule has 3 N–H and O–H groups in total. The van der Waals surface area contributed by atoms with Gasteiger partial charge >= 0.3 is 0 Å². The highest BCUT2D eigenvalue weighted by atomic mass is 32.1. The van der Waals surface area contributed by atoms with Gasteiger partial charge in [0.1, 0.15) is 18.2 Å². The third-order valence-electron chi connectivity index (χ3n) is 2.57. The second kappa shape index (κ2) is 3.05. The van der Waals surface area contributed by atoms with Gasteiger partial charge in [-0.05, 0) is 11.4 Å². The van der Waals surface area contributed by atoms with Crippen molar-refractivity contribution in [1.29, 1.82) is 0 Å². The van der Waals surface area contributed by atoms with E-state index in [4.69, 9.17) is 4.74 Å². The molecule has 1 aliphatic heterocycles. The second-order valence-electron chi connectivity index (χ2n) is 3.39. The molecule has 74 valence electrons. The summed E-state index contributed by atoms with van der Waals surface area (Å²) in [4.78, 5) is 0. The molecule has 0 amide bonds. The number of fused-ring (bicyclic) bond motifs is 3. The Hall–Kier alpha value is -0.910. The highest BCUT2D eigenvalue weighted by Gasteiger charge is 2.26. The van der Waals surface area contributed by atoms with Crippen molar-refractivity contribution < 1.29 is 10.5 Å². The van der Waals surface area contributed by atoms with Crippen molar-refractivity contribution in [3.8, 4) is 0 Å². The molecule has 1 atom stereocenters. The number of hydrogen-bond acceptors (Lipinski definition) is 3. The molecule has 0 aliphatic carbocycles. The lowest BCUT2D eigenvalue weighted by atomic mass is 10.2. The van der Waals surface area contributed by atoms with Gasteiger partial charge in [0.2, 0.25) is 0 Å². The number of thiophene rings is 1. The van der Waals surface area contributed by atoms with Crippen LogP contribution in [0.2, 0.25) is 0 Å². The van der Waals surface area contributed by atoms with Gasteiger partial charge in [-0.25, -0.2) is 0 Å². The van der Waals surface area contributed by atoms with Crippen LogP contribution in [-0.4, -0.2) is 22.9 Å². The predicted molar refractivity (Wildman–Crippen MR) is 54.1 cm³/mol. The highest BCUT2D eigenvalue weighted by molar-refractivity contribution is 7.17. The average molecular weight is 210 g/mol. The van der Waals surface area contributed by atoms with Crippen LogP contribution in [0, 0.1) is 0 Å². The minimum absolute atomic E-state index is 0.132. The summed E-state index contributed by atoms with van der Waals surface area (Å²) in [5.41, 5.74) is 6.23. The summed E-state index contributed by atoms with van der Waals surface area (Å²) in [6, 6.07) is 2.06. The smallest absolute Gasteiger partial charge is 0.149 e. The Balaban J connectivity index is 2.24. The van der Waals surface area contributed by atoms with E-state index in [2.05, 4.69) is 27.0 Å². The number of rotatable bonds is 1. The molecule has 2 aromatic rings. The largest absolute Gasteiger partial charge is 0.364 e. The maximum Gasteiger partial charge on any atom is 0.149 e. The molecule has 0 spiro atoms. The van der Waals surface area contributed by atoms with Crippen LogP contribution in [-0.2, 0) is 11.3 Å². The molecule has 0 radical (unpaired) electrons. The first kappa shape index (κ1) is 8.40. The molecule has 0 aromatic carbocycles. The lowest BCUT2D eigenvalue weighted by molar-refractivity contribution is -0.389. The van der Waals surface area contributed by atoms with E-state index in [1.165, 1.54) is 10.4 Å². The maximum atomic E-state index is 5.67. The molecule has 0 bridgehead atoms. The molecule has 4 nitrogen and oxygen atoms in total. The van der Waals surface area contributed by atoms with Crippen LogP contribution in [0.1, 0.15) is 11.8 Å². The number of quaternary nitrogens is 1. The Morgan fingerprint density at radius 2 is 2.64 bits per heavy atom. The first-order valence-corrected chi connectivity index (χ1v) is 5.63. The van der Waals surface area contributed by atoms with Crippen LogP contribution < -0.4 is 5.73 Å². The van der Waals surface area contributed by atoms with Crippen LogP contribution in [0.25, 0.3) is 10.2 Å². The maximum absolute atomic E-state index is 5.67. The normalized spacial score (nSPS) is 21.4. The Kier molecular flexibility index (Phi) is 1.83. The van der Waals surface area contributed by atoms with Crippen LogP contribution in [0.4, 0.5) is 0 Å². The summed E-state index contributed by atoms with van der Waals surface area (Å²) >= 11 is 1.74. The first-order valence-electron chi connectivity index (χ1n) is 4.75. The van der Waals surface area contributed by atoms with E-state index in [0.29, 0.717) is 0 Å². The van der Waals surface area contributed by atoms with Crippen molar-refractivity contribution in [2.45, 2.75) is 12.6 Å². The molecule has 3 heterocycles. The molecule has 1 aliphatic rings. The zero-order chi connectivity index (χ0) is 9.54. The van der Waals surface area contributed by atoms with E-state index in [1.807, 2.05) is 0 Å². The van der Waals surface area contributed by atoms with Gasteiger partial charge in [-0.2, -0.15) is 5.10 Å². The second-order valence-corrected chi connectivity index (χ2v) is 4.31. The van der Waals surface area contributed by atoms with Gasteiger partial charge in [0.15, 0.2) is 0 Å². The molecular formula is C9H12N3OS+. The summed E-state index contributed by atoms with van der Waals surface area (Å²) in [6.45, 7) is 2.40. The third-order valence-corrected chi connectivity index (χ3v) is 3.50. The van der Waals surface area contributed by atoms with Gasteiger partial charge in [0, 0.05) is 0 Å². The summed E-state index contributed by atoms with van der Waals surface area (Å²) in [7, 11) is 0. The van der Waals surface area contributed by atoms with Crippen molar-refractivity contribution in [3.05, 3.63) is 17.1 Å². The molecule has 0 fully saturated rings. The minimum atomic E-state index is 0.132. The molecule has 5 heteroatoms. The quantitative estimate of drug-likeness (QED) is 0.741. The fourth-order valence-corrected chi connectivity index (χ4v) is 2.86. The van der Waals surface area contributed by atoms with E-state index >= 15 is 0 Å². The average Bonchev–Trinajstić information content (AvgIpc) is 2.75. The van der Waals surface area contributed by atoms with E-state index in [0.717, 1.165) is 25.2 Å². The Morgan fingerprint density at radius 3 is 3.50 bits per heavy atom. The summed E-state index contributed by atoms with van der Waals surface area (Å²) < 4.78 is 9.01. The fourth-order valence-electron chi connectivity index (χ4n) is 1.94. The zero-order valence-electron chi connectivity index (χ0n) is 7.77. The fraction of sp³-hybridized carbons (Fsp3) is 0.444. The van der Waals surface area contributed by atoms with Crippen LogP contribution in [0.5, 0.6) is 0 Å². The zero-order valence-corrected chi connectivity index (χ0v) is 8.59. The van der Waals surface area contributed by atoms with Gasteiger partial charge < -0.3 is 10.5 Å². The van der Waals surface area contributed by atoms with Gasteiger partial charge in [-0.3, -0.25) is 4.68 Å². The van der Waals surface area contributed by atoms with Crippen LogP contribution in [0.15, 0.2) is 11.4 Å². The van der Waals surface area contributed by atoms with Gasteiger partial charge in [-0.15, -0.1) is 11.3 Å². The summed E-state index contributed by atoms with van der Waals surface area (Å²) in [5.74, 6) is 0. The molecule has 0 saturated carbocycles. The van der Waals surface area contributed by atoms with E-state index in [9.17, 15) is 0 Å². The minimum Gasteiger partial charge on any atom is -0.364 e. The van der Waals surface area contributed by atoms with Crippen molar-refractivity contribution in [2.75, 3.05) is 13.2 Å². The SMILES string of the molecule is [NH3+]CC1OCCn2nc3ccsc3c21.